The van der Waals surface area contributed by atoms with Crippen molar-refractivity contribution in [3.8, 4) is 11.5 Å². The second kappa shape index (κ2) is 6.14. The second-order valence-electron chi connectivity index (χ2n) is 4.11. The number of primary amides is 1. The lowest BCUT2D eigenvalue weighted by atomic mass is 10.1. The Morgan fingerprint density at radius 1 is 1.05 bits per heavy atom. The number of amides is 1. The van der Waals surface area contributed by atoms with Crippen LogP contribution in [0.3, 0.4) is 0 Å². The highest BCUT2D eigenvalue weighted by Gasteiger charge is 2.08. The van der Waals surface area contributed by atoms with Gasteiger partial charge in [0.15, 0.2) is 0 Å². The molecule has 0 aliphatic heterocycles. The van der Waals surface area contributed by atoms with Crippen molar-refractivity contribution >= 4 is 28.2 Å². The van der Waals surface area contributed by atoms with Crippen molar-refractivity contribution in [2.24, 2.45) is 5.73 Å². The van der Waals surface area contributed by atoms with Crippen LogP contribution in [0.5, 0.6) is 11.5 Å². The van der Waals surface area contributed by atoms with Crippen LogP contribution >= 0.6 is 0 Å². The SMILES string of the molecule is NC(=O)c1cc(Oc2ccc(N[SH](=O)=O)cc2)ccc1N. The minimum absolute atomic E-state index is 0.175. The van der Waals surface area contributed by atoms with Crippen molar-refractivity contribution in [1.29, 1.82) is 0 Å². The maximum absolute atomic E-state index is 11.2. The highest BCUT2D eigenvalue weighted by molar-refractivity contribution is 7.73. The Kier molecular flexibility index (Phi) is 4.29. The average Bonchev–Trinajstić information content (AvgIpc) is 2.42. The highest BCUT2D eigenvalue weighted by atomic mass is 32.2. The number of hydrogen-bond donors (Lipinski definition) is 4. The van der Waals surface area contributed by atoms with E-state index in [1.54, 1.807) is 30.3 Å². The molecule has 0 aliphatic carbocycles. The van der Waals surface area contributed by atoms with Crippen molar-refractivity contribution in [3.05, 3.63) is 48.0 Å². The number of ether oxygens (including phenoxy) is 1. The molecule has 0 unspecified atom stereocenters. The number of nitrogens with one attached hydrogen (secondary N) is 1. The molecule has 2 aromatic carbocycles. The second-order valence-corrected chi connectivity index (χ2v) is 4.85. The minimum atomic E-state index is -2.71. The van der Waals surface area contributed by atoms with Crippen LogP contribution in [0.25, 0.3) is 0 Å². The Morgan fingerprint density at radius 2 is 1.67 bits per heavy atom. The molecule has 0 spiro atoms. The van der Waals surface area contributed by atoms with Gasteiger partial charge in [-0.05, 0) is 42.5 Å². The number of nitrogen functional groups attached to an aromatic ring is 1. The molecule has 110 valence electrons. The predicted octanol–water partition coefficient (Wildman–Crippen LogP) is 1.10. The molecule has 0 saturated heterocycles. The van der Waals surface area contributed by atoms with E-state index in [-0.39, 0.29) is 11.3 Å². The van der Waals surface area contributed by atoms with Gasteiger partial charge >= 0.3 is 0 Å². The van der Waals surface area contributed by atoms with E-state index in [1.807, 2.05) is 0 Å². The molecule has 2 aromatic rings. The van der Waals surface area contributed by atoms with Gasteiger partial charge in [0.05, 0.1) is 5.56 Å². The first-order chi connectivity index (χ1) is 9.95. The lowest BCUT2D eigenvalue weighted by Gasteiger charge is -2.09. The van der Waals surface area contributed by atoms with Crippen molar-refractivity contribution < 1.29 is 17.9 Å². The minimum Gasteiger partial charge on any atom is -0.457 e. The summed E-state index contributed by atoms with van der Waals surface area (Å²) in [6.07, 6.45) is 0. The van der Waals surface area contributed by atoms with E-state index >= 15 is 0 Å². The van der Waals surface area contributed by atoms with Gasteiger partial charge in [-0.1, -0.05) is 0 Å². The quantitative estimate of drug-likeness (QED) is 0.486. The first-order valence-electron chi connectivity index (χ1n) is 5.84. The van der Waals surface area contributed by atoms with Crippen molar-refractivity contribution in [3.63, 3.8) is 0 Å². The van der Waals surface area contributed by atoms with Gasteiger partial charge in [0.1, 0.15) is 11.5 Å². The number of nitrogens with two attached hydrogens (primary N) is 2. The van der Waals surface area contributed by atoms with Crippen LogP contribution in [-0.2, 0) is 10.9 Å². The van der Waals surface area contributed by atoms with Crippen LogP contribution < -0.4 is 20.9 Å². The van der Waals surface area contributed by atoms with Gasteiger partial charge in [-0.3, -0.25) is 9.52 Å². The summed E-state index contributed by atoms with van der Waals surface area (Å²) in [5.74, 6) is 0.229. The Bertz CT molecular complexity index is 734. The molecule has 0 radical (unpaired) electrons. The van der Waals surface area contributed by atoms with Crippen LogP contribution in [0.4, 0.5) is 11.4 Å². The van der Waals surface area contributed by atoms with Gasteiger partial charge in [-0.15, -0.1) is 0 Å². The summed E-state index contributed by atoms with van der Waals surface area (Å²) in [4.78, 5) is 11.2. The summed E-state index contributed by atoms with van der Waals surface area (Å²) in [7, 11) is -2.71. The predicted molar refractivity (Wildman–Crippen MR) is 79.8 cm³/mol. The molecule has 2 rings (SSSR count). The third kappa shape index (κ3) is 3.86. The van der Waals surface area contributed by atoms with E-state index in [0.717, 1.165) is 0 Å². The lowest BCUT2D eigenvalue weighted by molar-refractivity contribution is 0.100. The molecule has 0 bridgehead atoms. The molecule has 0 aliphatic rings. The first-order valence-corrected chi connectivity index (χ1v) is 7.02. The molecule has 0 atom stereocenters. The van der Waals surface area contributed by atoms with Crippen molar-refractivity contribution in [2.75, 3.05) is 10.5 Å². The lowest BCUT2D eigenvalue weighted by Crippen LogP contribution is -2.13. The summed E-state index contributed by atoms with van der Waals surface area (Å²) in [6, 6.07) is 10.8. The monoisotopic (exact) mass is 307 g/mol. The van der Waals surface area contributed by atoms with Gasteiger partial charge in [-0.2, -0.15) is 0 Å². The van der Waals surface area contributed by atoms with Crippen LogP contribution in [-0.4, -0.2) is 14.3 Å². The number of benzene rings is 2. The van der Waals surface area contributed by atoms with Crippen LogP contribution in [0.2, 0.25) is 0 Å². The molecular weight excluding hydrogens is 294 g/mol. The third-order valence-corrected chi connectivity index (χ3v) is 3.04. The Morgan fingerprint density at radius 3 is 2.24 bits per heavy atom. The molecule has 8 heteroatoms. The van der Waals surface area contributed by atoms with E-state index in [1.165, 1.54) is 12.1 Å². The van der Waals surface area contributed by atoms with E-state index in [4.69, 9.17) is 16.2 Å². The van der Waals surface area contributed by atoms with Crippen LogP contribution in [0.1, 0.15) is 10.4 Å². The van der Waals surface area contributed by atoms with E-state index in [9.17, 15) is 13.2 Å². The molecule has 5 N–H and O–H groups in total. The topological polar surface area (TPSA) is 125 Å². The van der Waals surface area contributed by atoms with Crippen LogP contribution in [0.15, 0.2) is 42.5 Å². The third-order valence-electron chi connectivity index (χ3n) is 2.60. The summed E-state index contributed by atoms with van der Waals surface area (Å²) in [6.45, 7) is 0. The Hall–Kier alpha value is -2.74. The van der Waals surface area contributed by atoms with Gasteiger partial charge in [0.25, 0.3) is 5.91 Å². The molecular formula is C13H13N3O4S. The van der Waals surface area contributed by atoms with E-state index in [0.29, 0.717) is 17.2 Å². The largest absolute Gasteiger partial charge is 0.457 e. The molecule has 0 fully saturated rings. The molecule has 1 amide bonds. The molecule has 7 nitrogen and oxygen atoms in total. The smallest absolute Gasteiger partial charge is 0.250 e. The summed E-state index contributed by atoms with van der Waals surface area (Å²) >= 11 is 0. The normalized spacial score (nSPS) is 10.3. The fourth-order valence-electron chi connectivity index (χ4n) is 1.65. The molecule has 0 heterocycles. The van der Waals surface area contributed by atoms with Crippen molar-refractivity contribution in [2.45, 2.75) is 0 Å². The van der Waals surface area contributed by atoms with Gasteiger partial charge < -0.3 is 16.2 Å². The Labute approximate surface area is 122 Å². The zero-order valence-electron chi connectivity index (χ0n) is 10.8. The number of rotatable bonds is 5. The van der Waals surface area contributed by atoms with Gasteiger partial charge in [-0.25, -0.2) is 8.42 Å². The fraction of sp³-hybridized carbons (Fsp3) is 0. The summed E-state index contributed by atoms with van der Waals surface area (Å²) in [5, 5.41) is 0. The van der Waals surface area contributed by atoms with E-state index < -0.39 is 16.8 Å². The average molecular weight is 307 g/mol. The zero-order valence-corrected chi connectivity index (χ0v) is 11.7. The van der Waals surface area contributed by atoms with Gasteiger partial charge in [0.2, 0.25) is 10.9 Å². The Balaban J connectivity index is 2.18. The maximum atomic E-state index is 11.2. The number of carbonyl (C=O) groups is 1. The van der Waals surface area contributed by atoms with Crippen LogP contribution in [0, 0.1) is 0 Å². The van der Waals surface area contributed by atoms with Gasteiger partial charge in [0, 0.05) is 11.4 Å². The number of hydrogen-bond acceptors (Lipinski definition) is 5. The maximum Gasteiger partial charge on any atom is 0.250 e. The number of carbonyl (C=O) groups excluding carboxylic acids is 1. The standard InChI is InChI=1S/C13H13N3O4S/c14-12-6-5-10(7-11(12)13(15)17)20-9-3-1-8(2-4-9)16-21(18)19/h1-7,21H,14H2,(H2,15,17)(H,16,18,19). The molecule has 21 heavy (non-hydrogen) atoms. The summed E-state index contributed by atoms with van der Waals surface area (Å²) in [5.41, 5.74) is 11.7. The zero-order chi connectivity index (χ0) is 15.4. The molecule has 0 saturated carbocycles. The number of thiol groups is 1. The van der Waals surface area contributed by atoms with E-state index in [2.05, 4.69) is 4.72 Å². The highest BCUT2D eigenvalue weighted by Crippen LogP contribution is 2.26. The number of anilines is 2. The summed E-state index contributed by atoms with van der Waals surface area (Å²) < 4.78 is 28.8. The van der Waals surface area contributed by atoms with Crippen molar-refractivity contribution in [1.82, 2.24) is 0 Å². The molecule has 0 aromatic heterocycles. The first kappa shape index (κ1) is 14.7. The fourth-order valence-corrected chi connectivity index (χ4v) is 2.01.